The Balaban J connectivity index is 2.61. The van der Waals surface area contributed by atoms with E-state index >= 15 is 0 Å². The maximum Gasteiger partial charge on any atom is 0.266 e. The Labute approximate surface area is 163 Å². The van der Waals surface area contributed by atoms with Gasteiger partial charge in [0, 0.05) is 8.59 Å². The Bertz CT molecular complexity index is 877. The van der Waals surface area contributed by atoms with Crippen molar-refractivity contribution >= 4 is 67.4 Å². The van der Waals surface area contributed by atoms with Crippen molar-refractivity contribution in [2.75, 3.05) is 10.8 Å². The lowest BCUT2D eigenvalue weighted by molar-refractivity contribution is -0.119. The fourth-order valence-corrected chi connectivity index (χ4v) is 4.60. The van der Waals surface area contributed by atoms with Crippen LogP contribution in [0.2, 0.25) is 10.0 Å². The van der Waals surface area contributed by atoms with Gasteiger partial charge in [0.2, 0.25) is 0 Å². The molecule has 0 unspecified atom stereocenters. The van der Waals surface area contributed by atoms with Gasteiger partial charge in [0.1, 0.15) is 11.4 Å². The second-order valence-corrected chi connectivity index (χ2v) is 8.55. The summed E-state index contributed by atoms with van der Waals surface area (Å²) in [6.45, 7) is -0.498. The van der Waals surface area contributed by atoms with E-state index in [0.29, 0.717) is 5.69 Å². The molecule has 0 atom stereocenters. The van der Waals surface area contributed by atoms with Crippen LogP contribution in [0.3, 0.4) is 0 Å². The Kier molecular flexibility index (Phi) is 6.32. The largest absolute Gasteiger partial charge is 0.293 e. The van der Waals surface area contributed by atoms with Gasteiger partial charge in [-0.25, -0.2) is 14.3 Å². The van der Waals surface area contributed by atoms with E-state index in [9.17, 15) is 13.2 Å². The molecule has 0 aromatic heterocycles. The first-order chi connectivity index (χ1) is 11.3. The third-order valence-electron chi connectivity index (χ3n) is 3.01. The second-order valence-electron chi connectivity index (χ2n) is 4.63. The van der Waals surface area contributed by atoms with Gasteiger partial charge in [-0.1, -0.05) is 29.3 Å². The number of nitrogens with zero attached hydrogens (tertiary/aromatic N) is 1. The molecular formula is C14H12Cl2IN3O3S. The van der Waals surface area contributed by atoms with E-state index in [4.69, 9.17) is 29.0 Å². The highest BCUT2D eigenvalue weighted by molar-refractivity contribution is 14.1. The predicted octanol–water partition coefficient (Wildman–Crippen LogP) is 2.78. The highest BCUT2D eigenvalue weighted by atomic mass is 127. The first kappa shape index (κ1) is 19.3. The summed E-state index contributed by atoms with van der Waals surface area (Å²) in [4.78, 5) is 11.5. The Morgan fingerprint density at radius 2 is 1.92 bits per heavy atom. The number of benzene rings is 2. The van der Waals surface area contributed by atoms with E-state index in [-0.39, 0.29) is 14.9 Å². The smallest absolute Gasteiger partial charge is 0.266 e. The minimum Gasteiger partial charge on any atom is -0.293 e. The molecule has 0 aliphatic carbocycles. The highest BCUT2D eigenvalue weighted by Crippen LogP contribution is 2.31. The lowest BCUT2D eigenvalue weighted by Gasteiger charge is -2.24. The molecule has 6 nitrogen and oxygen atoms in total. The van der Waals surface area contributed by atoms with Gasteiger partial charge in [-0.05, 0) is 59.0 Å². The summed E-state index contributed by atoms with van der Waals surface area (Å²) in [7, 11) is -4.13. The quantitative estimate of drug-likeness (QED) is 0.286. The Morgan fingerprint density at radius 1 is 1.21 bits per heavy atom. The molecule has 0 heterocycles. The summed E-state index contributed by atoms with van der Waals surface area (Å²) in [5, 5.41) is 0.215. The summed E-state index contributed by atoms with van der Waals surface area (Å²) in [6, 6.07) is 10.8. The average Bonchev–Trinajstić information content (AvgIpc) is 2.54. The van der Waals surface area contributed by atoms with Gasteiger partial charge >= 0.3 is 0 Å². The molecule has 0 saturated carbocycles. The van der Waals surface area contributed by atoms with Crippen LogP contribution in [0, 0.1) is 3.57 Å². The van der Waals surface area contributed by atoms with E-state index in [1.165, 1.54) is 18.2 Å². The van der Waals surface area contributed by atoms with Gasteiger partial charge in [-0.2, -0.15) is 0 Å². The molecule has 10 heteroatoms. The molecule has 0 spiro atoms. The van der Waals surface area contributed by atoms with Crippen molar-refractivity contribution in [3.8, 4) is 0 Å². The maximum absolute atomic E-state index is 13.0. The van der Waals surface area contributed by atoms with Crippen LogP contribution >= 0.6 is 45.8 Å². The number of anilines is 1. The van der Waals surface area contributed by atoms with Gasteiger partial charge in [0.05, 0.1) is 10.7 Å². The third-order valence-corrected chi connectivity index (χ3v) is 6.17. The Hall–Kier alpha value is -1.07. The van der Waals surface area contributed by atoms with Gasteiger partial charge in [0.15, 0.2) is 0 Å². The van der Waals surface area contributed by atoms with Crippen LogP contribution in [0.25, 0.3) is 0 Å². The maximum atomic E-state index is 13.0. The van der Waals surface area contributed by atoms with Crippen molar-refractivity contribution in [3.63, 3.8) is 0 Å². The first-order valence-electron chi connectivity index (χ1n) is 6.48. The van der Waals surface area contributed by atoms with E-state index < -0.39 is 22.5 Å². The summed E-state index contributed by atoms with van der Waals surface area (Å²) >= 11 is 14.0. The molecule has 0 fully saturated rings. The van der Waals surface area contributed by atoms with Gasteiger partial charge in [-0.3, -0.25) is 14.5 Å². The van der Waals surface area contributed by atoms with Gasteiger partial charge in [0.25, 0.3) is 15.9 Å². The molecule has 0 radical (unpaired) electrons. The molecule has 0 bridgehead atoms. The molecule has 0 saturated heterocycles. The number of nitrogens with two attached hydrogens (primary N) is 1. The number of nitrogens with one attached hydrogen (secondary N) is 1. The van der Waals surface area contributed by atoms with Crippen molar-refractivity contribution in [2.24, 2.45) is 5.84 Å². The van der Waals surface area contributed by atoms with Crippen LogP contribution in [-0.4, -0.2) is 20.9 Å². The van der Waals surface area contributed by atoms with E-state index in [0.717, 1.165) is 7.88 Å². The van der Waals surface area contributed by atoms with Crippen molar-refractivity contribution in [1.29, 1.82) is 0 Å². The summed E-state index contributed by atoms with van der Waals surface area (Å²) in [5.41, 5.74) is 2.23. The number of amides is 1. The molecule has 2 rings (SSSR count). The SMILES string of the molecule is NNC(=O)CN(c1cccc(I)c1)S(=O)(=O)c1cc(Cl)ccc1Cl. The van der Waals surface area contributed by atoms with Crippen LogP contribution in [0.4, 0.5) is 5.69 Å². The summed E-state index contributed by atoms with van der Waals surface area (Å²) in [6.07, 6.45) is 0. The van der Waals surface area contributed by atoms with Crippen LogP contribution < -0.4 is 15.6 Å². The van der Waals surface area contributed by atoms with Gasteiger partial charge in [-0.15, -0.1) is 0 Å². The summed E-state index contributed by atoms with van der Waals surface area (Å²) < 4.78 is 27.8. The summed E-state index contributed by atoms with van der Waals surface area (Å²) in [5.74, 6) is 4.42. The molecule has 1 amide bonds. The second kappa shape index (κ2) is 7.87. The van der Waals surface area contributed by atoms with Crippen LogP contribution in [0.1, 0.15) is 0 Å². The lowest BCUT2D eigenvalue weighted by atomic mass is 10.3. The molecular weight excluding hydrogens is 488 g/mol. The highest BCUT2D eigenvalue weighted by Gasteiger charge is 2.29. The first-order valence-corrected chi connectivity index (χ1v) is 9.76. The predicted molar refractivity (Wildman–Crippen MR) is 102 cm³/mol. The van der Waals surface area contributed by atoms with Crippen molar-refractivity contribution in [3.05, 3.63) is 56.1 Å². The number of hydrogen-bond donors (Lipinski definition) is 2. The molecule has 128 valence electrons. The van der Waals surface area contributed by atoms with Crippen LogP contribution in [0.5, 0.6) is 0 Å². The minimum absolute atomic E-state index is 0.00295. The molecule has 2 aromatic carbocycles. The number of hydrogen-bond acceptors (Lipinski definition) is 4. The monoisotopic (exact) mass is 499 g/mol. The zero-order valence-corrected chi connectivity index (χ0v) is 16.5. The standard InChI is InChI=1S/C14H12Cl2IN3O3S/c15-9-4-5-12(16)13(6-9)24(22,23)20(8-14(21)19-18)11-3-1-2-10(17)7-11/h1-7H,8,18H2,(H,19,21). The van der Waals surface area contributed by atoms with Gasteiger partial charge < -0.3 is 0 Å². The van der Waals surface area contributed by atoms with Crippen molar-refractivity contribution in [1.82, 2.24) is 5.43 Å². The molecule has 3 N–H and O–H groups in total. The number of hydrazine groups is 1. The lowest BCUT2D eigenvalue weighted by Crippen LogP contribution is -2.43. The minimum atomic E-state index is -4.13. The topological polar surface area (TPSA) is 92.5 Å². The van der Waals surface area contributed by atoms with Crippen LogP contribution in [-0.2, 0) is 14.8 Å². The van der Waals surface area contributed by atoms with Crippen molar-refractivity contribution in [2.45, 2.75) is 4.90 Å². The Morgan fingerprint density at radius 3 is 2.54 bits per heavy atom. The molecule has 24 heavy (non-hydrogen) atoms. The number of halogens is 3. The number of carbonyl (C=O) groups excluding carboxylic acids is 1. The number of carbonyl (C=O) groups is 1. The zero-order valence-electron chi connectivity index (χ0n) is 12.0. The molecule has 2 aromatic rings. The average molecular weight is 500 g/mol. The van der Waals surface area contributed by atoms with E-state index in [2.05, 4.69) is 0 Å². The normalized spacial score (nSPS) is 11.2. The van der Waals surface area contributed by atoms with Crippen molar-refractivity contribution < 1.29 is 13.2 Å². The zero-order chi connectivity index (χ0) is 17.9. The van der Waals surface area contributed by atoms with E-state index in [1.807, 2.05) is 28.0 Å². The number of sulfonamides is 1. The fraction of sp³-hybridized carbons (Fsp3) is 0.0714. The van der Waals surface area contributed by atoms with E-state index in [1.54, 1.807) is 24.3 Å². The number of rotatable bonds is 5. The molecule has 0 aliphatic heterocycles. The third kappa shape index (κ3) is 4.31. The fourth-order valence-electron chi connectivity index (χ4n) is 1.92. The molecule has 0 aliphatic rings. The van der Waals surface area contributed by atoms with Crippen LogP contribution in [0.15, 0.2) is 47.4 Å².